The van der Waals surface area contributed by atoms with Crippen LogP contribution >= 0.6 is 11.3 Å². The van der Waals surface area contributed by atoms with E-state index in [2.05, 4.69) is 35.4 Å². The number of nitrogens with one attached hydrogen (secondary N) is 1. The molecule has 0 aliphatic heterocycles. The highest BCUT2D eigenvalue weighted by atomic mass is 32.1. The lowest BCUT2D eigenvalue weighted by Gasteiger charge is -2.24. The molecule has 162 valence electrons. The van der Waals surface area contributed by atoms with Crippen LogP contribution in [0.3, 0.4) is 0 Å². The second-order valence-corrected chi connectivity index (χ2v) is 8.65. The second-order valence-electron chi connectivity index (χ2n) is 7.54. The number of fused-ring (bicyclic) bond motifs is 1. The largest absolute Gasteiger partial charge is 0.497 e. The summed E-state index contributed by atoms with van der Waals surface area (Å²) in [5.41, 5.74) is 4.04. The van der Waals surface area contributed by atoms with E-state index in [1.54, 1.807) is 25.6 Å². The van der Waals surface area contributed by atoms with Crippen molar-refractivity contribution in [3.05, 3.63) is 75.4 Å². The lowest BCUT2D eigenvalue weighted by atomic mass is 9.99. The molecule has 1 atom stereocenters. The number of hydrogen-bond acceptors (Lipinski definition) is 7. The number of rotatable bonds is 7. The number of allylic oxidation sites excluding steroid dienone is 2. The predicted octanol–water partition coefficient (Wildman–Crippen LogP) is 4.78. The molecule has 0 bridgehead atoms. The van der Waals surface area contributed by atoms with E-state index in [0.29, 0.717) is 12.8 Å². The number of aryl methyl sites for hydroxylation is 1. The Morgan fingerprint density at radius 1 is 1.06 bits per heavy atom. The fourth-order valence-electron chi connectivity index (χ4n) is 3.89. The summed E-state index contributed by atoms with van der Waals surface area (Å²) in [4.78, 5) is 11.7. The first kappa shape index (κ1) is 21.3. The molecule has 0 unspecified atom stereocenters. The third-order valence-electron chi connectivity index (χ3n) is 5.53. The number of hydrogen-bond donors (Lipinski definition) is 2. The summed E-state index contributed by atoms with van der Waals surface area (Å²) >= 11 is 1.72. The van der Waals surface area contributed by atoms with E-state index in [1.807, 2.05) is 25.1 Å². The van der Waals surface area contributed by atoms with Crippen LogP contribution < -0.4 is 5.32 Å². The number of methoxy groups -OCH3 is 2. The third kappa shape index (κ3) is 4.29. The van der Waals surface area contributed by atoms with Crippen LogP contribution in [0.4, 0.5) is 5.82 Å². The molecule has 1 aliphatic rings. The summed E-state index contributed by atoms with van der Waals surface area (Å²) in [7, 11) is 3.33. The Hall–Kier alpha value is -2.90. The molecule has 2 aromatic heterocycles. The van der Waals surface area contributed by atoms with E-state index in [1.165, 1.54) is 4.88 Å². The van der Waals surface area contributed by atoms with Crippen molar-refractivity contribution in [2.75, 3.05) is 19.5 Å². The third-order valence-corrected chi connectivity index (χ3v) is 6.83. The minimum absolute atomic E-state index is 0.0301. The summed E-state index contributed by atoms with van der Waals surface area (Å²) in [5, 5.41) is 13.3. The van der Waals surface area contributed by atoms with E-state index in [-0.39, 0.29) is 12.6 Å². The smallest absolute Gasteiger partial charge is 0.139 e. The Labute approximate surface area is 186 Å². The minimum atomic E-state index is 0.0301. The van der Waals surface area contributed by atoms with Gasteiger partial charge in [0, 0.05) is 21.7 Å². The van der Waals surface area contributed by atoms with Gasteiger partial charge in [-0.1, -0.05) is 24.3 Å². The van der Waals surface area contributed by atoms with E-state index >= 15 is 0 Å². The molecular weight excluding hydrogens is 410 g/mol. The summed E-state index contributed by atoms with van der Waals surface area (Å²) < 4.78 is 11.1. The van der Waals surface area contributed by atoms with Crippen molar-refractivity contribution in [3.63, 3.8) is 0 Å². The van der Waals surface area contributed by atoms with Gasteiger partial charge in [-0.25, -0.2) is 9.97 Å². The maximum Gasteiger partial charge on any atom is 0.139 e. The van der Waals surface area contributed by atoms with Gasteiger partial charge in [0.05, 0.1) is 39.0 Å². The molecule has 0 radical (unpaired) electrons. The lowest BCUT2D eigenvalue weighted by molar-refractivity contribution is 0.206. The first-order valence-electron chi connectivity index (χ1n) is 10.3. The fraction of sp³-hybridized carbons (Fsp3) is 0.333. The van der Waals surface area contributed by atoms with Crippen LogP contribution in [-0.4, -0.2) is 29.3 Å². The first-order chi connectivity index (χ1) is 15.0. The molecule has 0 amide bonds. The number of anilines is 1. The zero-order valence-electron chi connectivity index (χ0n) is 18.2. The minimum Gasteiger partial charge on any atom is -0.497 e. The summed E-state index contributed by atoms with van der Waals surface area (Å²) in [6.07, 6.45) is 1.20. The second kappa shape index (κ2) is 9.08. The number of aliphatic hydroxyl groups is 1. The summed E-state index contributed by atoms with van der Waals surface area (Å²) in [5.74, 6) is 3.20. The maximum absolute atomic E-state index is 9.66. The van der Waals surface area contributed by atoms with Crippen molar-refractivity contribution >= 4 is 17.2 Å². The van der Waals surface area contributed by atoms with E-state index in [0.717, 1.165) is 50.4 Å². The van der Waals surface area contributed by atoms with Crippen LogP contribution in [0.25, 0.3) is 10.4 Å². The highest BCUT2D eigenvalue weighted by Gasteiger charge is 2.25. The van der Waals surface area contributed by atoms with Crippen LogP contribution in [0.15, 0.2) is 47.9 Å². The highest BCUT2D eigenvalue weighted by Crippen LogP contribution is 2.36. The Morgan fingerprint density at radius 3 is 2.55 bits per heavy atom. The zero-order chi connectivity index (χ0) is 22.0. The SMILES string of the molecule is COC1=C(OC)Cc2c(nc(C)nc2N[C@H](C)c2ccc(-c3ccccc3CO)s2)C1. The van der Waals surface area contributed by atoms with Gasteiger partial charge in [0.25, 0.3) is 0 Å². The van der Waals surface area contributed by atoms with Gasteiger partial charge < -0.3 is 19.9 Å². The van der Waals surface area contributed by atoms with Crippen LogP contribution in [-0.2, 0) is 28.9 Å². The summed E-state index contributed by atoms with van der Waals surface area (Å²) in [6, 6.07) is 12.3. The Balaban J connectivity index is 1.61. The molecule has 3 aromatic rings. The van der Waals surface area contributed by atoms with Gasteiger partial charge in [-0.3, -0.25) is 0 Å². The topological polar surface area (TPSA) is 76.5 Å². The van der Waals surface area contributed by atoms with Crippen molar-refractivity contribution in [2.24, 2.45) is 0 Å². The number of ether oxygens (including phenoxy) is 2. The predicted molar refractivity (Wildman–Crippen MR) is 123 cm³/mol. The maximum atomic E-state index is 9.66. The highest BCUT2D eigenvalue weighted by molar-refractivity contribution is 7.15. The lowest BCUT2D eigenvalue weighted by Crippen LogP contribution is -2.19. The van der Waals surface area contributed by atoms with Crippen molar-refractivity contribution < 1.29 is 14.6 Å². The van der Waals surface area contributed by atoms with Gasteiger partial charge in [-0.2, -0.15) is 0 Å². The molecule has 4 rings (SSSR count). The van der Waals surface area contributed by atoms with Gasteiger partial charge in [-0.05, 0) is 37.1 Å². The van der Waals surface area contributed by atoms with Crippen molar-refractivity contribution in [3.8, 4) is 10.4 Å². The van der Waals surface area contributed by atoms with Crippen LogP contribution in [0.5, 0.6) is 0 Å². The zero-order valence-corrected chi connectivity index (χ0v) is 19.0. The molecule has 2 N–H and O–H groups in total. The quantitative estimate of drug-likeness (QED) is 0.554. The van der Waals surface area contributed by atoms with Crippen molar-refractivity contribution in [2.45, 2.75) is 39.3 Å². The number of benzene rings is 1. The molecule has 0 fully saturated rings. The number of nitrogens with zero attached hydrogens (tertiary/aromatic N) is 2. The molecule has 1 aliphatic carbocycles. The fourth-order valence-corrected chi connectivity index (χ4v) is 4.96. The van der Waals surface area contributed by atoms with Gasteiger partial charge in [0.15, 0.2) is 0 Å². The summed E-state index contributed by atoms with van der Waals surface area (Å²) in [6.45, 7) is 4.07. The van der Waals surface area contributed by atoms with Gasteiger partial charge >= 0.3 is 0 Å². The van der Waals surface area contributed by atoms with Gasteiger partial charge in [0.1, 0.15) is 23.2 Å². The van der Waals surface area contributed by atoms with E-state index < -0.39 is 0 Å². The molecule has 6 nitrogen and oxygen atoms in total. The van der Waals surface area contributed by atoms with Crippen LogP contribution in [0.1, 0.15) is 40.5 Å². The Kier molecular flexibility index (Phi) is 6.25. The van der Waals surface area contributed by atoms with Crippen LogP contribution in [0, 0.1) is 6.92 Å². The normalized spacial score (nSPS) is 14.2. The molecule has 7 heteroatoms. The molecule has 0 saturated heterocycles. The number of thiophene rings is 1. The van der Waals surface area contributed by atoms with Crippen molar-refractivity contribution in [1.29, 1.82) is 0 Å². The molecule has 31 heavy (non-hydrogen) atoms. The molecular formula is C24H27N3O3S. The first-order valence-corrected chi connectivity index (χ1v) is 11.1. The van der Waals surface area contributed by atoms with E-state index in [4.69, 9.17) is 14.5 Å². The Morgan fingerprint density at radius 2 is 1.81 bits per heavy atom. The average Bonchev–Trinajstić information content (AvgIpc) is 3.28. The average molecular weight is 438 g/mol. The standard InChI is InChI=1S/C24H27N3O3S/c1-14(22-9-10-23(31-22)17-8-6-5-7-16(17)13-28)25-24-18-11-20(29-3)21(30-4)12-19(18)26-15(2)27-24/h5-10,14,28H,11-13H2,1-4H3,(H,25,26,27)/t14-/m1/s1. The van der Waals surface area contributed by atoms with Crippen LogP contribution in [0.2, 0.25) is 0 Å². The van der Waals surface area contributed by atoms with E-state index in [9.17, 15) is 5.11 Å². The number of aliphatic hydroxyl groups excluding tert-OH is 1. The van der Waals surface area contributed by atoms with Gasteiger partial charge in [-0.15, -0.1) is 11.3 Å². The molecule has 0 saturated carbocycles. The molecule has 0 spiro atoms. The van der Waals surface area contributed by atoms with Crippen molar-refractivity contribution in [1.82, 2.24) is 9.97 Å². The molecule has 2 heterocycles. The Bertz CT molecular complexity index is 1120. The number of aromatic nitrogens is 2. The molecule has 1 aromatic carbocycles. The van der Waals surface area contributed by atoms with Gasteiger partial charge in [0.2, 0.25) is 0 Å². The monoisotopic (exact) mass is 437 g/mol.